The molecule has 2 aromatic rings. The van der Waals surface area contributed by atoms with Crippen molar-refractivity contribution >= 4 is 11.8 Å². The van der Waals surface area contributed by atoms with Crippen molar-refractivity contribution in [3.63, 3.8) is 0 Å². The average molecular weight is 267 g/mol. The van der Waals surface area contributed by atoms with Crippen LogP contribution in [0.3, 0.4) is 0 Å². The van der Waals surface area contributed by atoms with E-state index in [-0.39, 0.29) is 4.90 Å². The van der Waals surface area contributed by atoms with Crippen LogP contribution in [0.1, 0.15) is 18.7 Å². The van der Waals surface area contributed by atoms with Crippen LogP contribution in [-0.2, 0) is 0 Å². The number of aliphatic hydroxyl groups excluding tert-OH is 1. The van der Waals surface area contributed by atoms with Gasteiger partial charge in [0.25, 0.3) is 0 Å². The Hall–Kier alpha value is -1.46. The Morgan fingerprint density at radius 1 is 1.22 bits per heavy atom. The lowest BCUT2D eigenvalue weighted by Crippen LogP contribution is -1.94. The fourth-order valence-electron chi connectivity index (χ4n) is 1.38. The van der Waals surface area contributed by atoms with Crippen LogP contribution in [0, 0.1) is 11.6 Å². The van der Waals surface area contributed by atoms with Crippen LogP contribution in [0.2, 0.25) is 0 Å². The van der Waals surface area contributed by atoms with Gasteiger partial charge < -0.3 is 5.11 Å². The summed E-state index contributed by atoms with van der Waals surface area (Å²) in [4.78, 5) is 4.93. The van der Waals surface area contributed by atoms with Gasteiger partial charge in [-0.1, -0.05) is 11.8 Å². The van der Waals surface area contributed by atoms with Gasteiger partial charge in [0.15, 0.2) is 0 Å². The normalized spacial score (nSPS) is 12.4. The Morgan fingerprint density at radius 2 is 2.00 bits per heavy atom. The highest BCUT2D eigenvalue weighted by Crippen LogP contribution is 2.30. The molecule has 0 unspecified atom stereocenters. The topological polar surface area (TPSA) is 33.1 Å². The first-order valence-electron chi connectivity index (χ1n) is 5.33. The van der Waals surface area contributed by atoms with Crippen molar-refractivity contribution in [2.24, 2.45) is 0 Å². The van der Waals surface area contributed by atoms with Gasteiger partial charge in [-0.25, -0.2) is 8.78 Å². The van der Waals surface area contributed by atoms with Crippen LogP contribution in [0.5, 0.6) is 0 Å². The molecule has 0 aliphatic carbocycles. The monoisotopic (exact) mass is 267 g/mol. The van der Waals surface area contributed by atoms with Crippen LogP contribution >= 0.6 is 11.8 Å². The zero-order valence-corrected chi connectivity index (χ0v) is 10.4. The van der Waals surface area contributed by atoms with E-state index in [1.54, 1.807) is 19.1 Å². The molecule has 0 saturated carbocycles. The molecule has 0 radical (unpaired) electrons. The first-order chi connectivity index (χ1) is 8.56. The number of rotatable bonds is 3. The molecule has 18 heavy (non-hydrogen) atoms. The van der Waals surface area contributed by atoms with E-state index in [1.807, 2.05) is 0 Å². The van der Waals surface area contributed by atoms with E-state index < -0.39 is 17.7 Å². The molecule has 0 saturated heterocycles. The molecule has 2 nitrogen and oxygen atoms in total. The summed E-state index contributed by atoms with van der Waals surface area (Å²) in [5.41, 5.74) is 0.541. The largest absolute Gasteiger partial charge is 0.387 e. The number of pyridine rings is 1. The Kier molecular flexibility index (Phi) is 3.93. The number of halogens is 2. The van der Waals surface area contributed by atoms with Crippen LogP contribution in [0.25, 0.3) is 0 Å². The minimum absolute atomic E-state index is 0.210. The van der Waals surface area contributed by atoms with Gasteiger partial charge in [0.05, 0.1) is 16.7 Å². The van der Waals surface area contributed by atoms with Crippen molar-refractivity contribution in [2.75, 3.05) is 0 Å². The highest BCUT2D eigenvalue weighted by atomic mass is 32.2. The Bertz CT molecular complexity index is 543. The SMILES string of the molecule is C[C@@H](O)c1ccc(Sc2cc(F)ccc2F)cn1. The molecule has 1 atom stereocenters. The second kappa shape index (κ2) is 5.46. The standard InChI is InChI=1S/C13H11F2NOS/c1-8(17)12-5-3-10(7-16-12)18-13-6-9(14)2-4-11(13)15/h2-8,17H,1H3/t8-/m1/s1. The molecule has 1 aromatic heterocycles. The summed E-state index contributed by atoms with van der Waals surface area (Å²) in [6.45, 7) is 1.61. The van der Waals surface area contributed by atoms with Crippen molar-refractivity contribution in [1.82, 2.24) is 4.98 Å². The predicted molar refractivity (Wildman–Crippen MR) is 65.4 cm³/mol. The molecule has 1 N–H and O–H groups in total. The maximum atomic E-state index is 13.4. The minimum atomic E-state index is -0.644. The zero-order chi connectivity index (χ0) is 13.1. The van der Waals surface area contributed by atoms with Crippen LogP contribution in [0.4, 0.5) is 8.78 Å². The maximum Gasteiger partial charge on any atom is 0.137 e. The highest BCUT2D eigenvalue weighted by molar-refractivity contribution is 7.99. The smallest absolute Gasteiger partial charge is 0.137 e. The fraction of sp³-hybridized carbons (Fsp3) is 0.154. The van der Waals surface area contributed by atoms with Gasteiger partial charge in [-0.3, -0.25) is 4.98 Å². The molecule has 5 heteroatoms. The van der Waals surface area contributed by atoms with Crippen molar-refractivity contribution in [3.05, 3.63) is 53.9 Å². The molecular weight excluding hydrogens is 256 g/mol. The Labute approximate surface area is 108 Å². The second-order valence-corrected chi connectivity index (χ2v) is 4.89. The molecule has 0 amide bonds. The predicted octanol–water partition coefficient (Wildman–Crippen LogP) is 3.56. The van der Waals surface area contributed by atoms with Gasteiger partial charge in [-0.2, -0.15) is 0 Å². The van der Waals surface area contributed by atoms with E-state index in [9.17, 15) is 13.9 Å². The fourth-order valence-corrected chi connectivity index (χ4v) is 2.21. The lowest BCUT2D eigenvalue weighted by molar-refractivity contribution is 0.194. The Morgan fingerprint density at radius 3 is 2.61 bits per heavy atom. The van der Waals surface area contributed by atoms with Crippen LogP contribution < -0.4 is 0 Å². The van der Waals surface area contributed by atoms with Gasteiger partial charge in [0.2, 0.25) is 0 Å². The van der Waals surface area contributed by atoms with E-state index in [4.69, 9.17) is 0 Å². The first-order valence-corrected chi connectivity index (χ1v) is 6.15. The molecule has 1 heterocycles. The molecule has 0 fully saturated rings. The first kappa shape index (κ1) is 13.0. The summed E-state index contributed by atoms with van der Waals surface area (Å²) in [5, 5.41) is 9.31. The number of hydrogen-bond donors (Lipinski definition) is 1. The number of benzene rings is 1. The molecular formula is C13H11F2NOS. The van der Waals surface area contributed by atoms with Crippen molar-refractivity contribution in [2.45, 2.75) is 22.8 Å². The summed E-state index contributed by atoms with van der Waals surface area (Å²) in [5.74, 6) is -0.950. The average Bonchev–Trinajstić information content (AvgIpc) is 2.34. The molecule has 1 aromatic carbocycles. The van der Waals surface area contributed by atoms with Crippen LogP contribution in [-0.4, -0.2) is 10.1 Å². The third-order valence-corrected chi connectivity index (χ3v) is 3.32. The van der Waals surface area contributed by atoms with Crippen molar-refractivity contribution in [1.29, 1.82) is 0 Å². The lowest BCUT2D eigenvalue weighted by atomic mass is 10.2. The van der Waals surface area contributed by atoms with Gasteiger partial charge in [-0.05, 0) is 37.3 Å². The summed E-state index contributed by atoms with van der Waals surface area (Å²) in [7, 11) is 0. The molecule has 0 aliphatic heterocycles. The third kappa shape index (κ3) is 3.05. The summed E-state index contributed by atoms with van der Waals surface area (Å²) >= 11 is 1.09. The van der Waals surface area contributed by atoms with Gasteiger partial charge in [-0.15, -0.1) is 0 Å². The molecule has 0 bridgehead atoms. The van der Waals surface area contributed by atoms with Crippen LogP contribution in [0.15, 0.2) is 46.3 Å². The Balaban J connectivity index is 2.21. The van der Waals surface area contributed by atoms with Gasteiger partial charge in [0.1, 0.15) is 11.6 Å². The molecule has 2 rings (SSSR count). The molecule has 0 spiro atoms. The van der Waals surface area contributed by atoms with Gasteiger partial charge >= 0.3 is 0 Å². The number of aromatic nitrogens is 1. The molecule has 94 valence electrons. The van der Waals surface area contributed by atoms with E-state index >= 15 is 0 Å². The number of hydrogen-bond acceptors (Lipinski definition) is 3. The summed E-state index contributed by atoms with van der Waals surface area (Å²) in [6.07, 6.45) is 0.881. The van der Waals surface area contributed by atoms with E-state index in [0.29, 0.717) is 10.6 Å². The molecule has 0 aliphatic rings. The van der Waals surface area contributed by atoms with Crippen molar-refractivity contribution in [3.8, 4) is 0 Å². The quantitative estimate of drug-likeness (QED) is 0.923. The maximum absolute atomic E-state index is 13.4. The van der Waals surface area contributed by atoms with E-state index in [2.05, 4.69) is 4.98 Å². The number of aliphatic hydroxyl groups is 1. The van der Waals surface area contributed by atoms with Crippen molar-refractivity contribution < 1.29 is 13.9 Å². The third-order valence-electron chi connectivity index (χ3n) is 2.31. The highest BCUT2D eigenvalue weighted by Gasteiger charge is 2.07. The lowest BCUT2D eigenvalue weighted by Gasteiger charge is -2.06. The summed E-state index contributed by atoms with van der Waals surface area (Å²) < 4.78 is 26.4. The summed E-state index contributed by atoms with van der Waals surface area (Å²) in [6, 6.07) is 6.68. The van der Waals surface area contributed by atoms with Gasteiger partial charge in [0, 0.05) is 11.1 Å². The minimum Gasteiger partial charge on any atom is -0.387 e. The van der Waals surface area contributed by atoms with E-state index in [1.165, 1.54) is 6.20 Å². The second-order valence-electron chi connectivity index (χ2n) is 3.77. The number of nitrogens with zero attached hydrogens (tertiary/aromatic N) is 1. The van der Waals surface area contributed by atoms with E-state index in [0.717, 1.165) is 30.0 Å². The zero-order valence-electron chi connectivity index (χ0n) is 9.60.